The average Bonchev–Trinajstić information content (AvgIpc) is 3.38. The molecule has 3 aromatic rings. The van der Waals surface area contributed by atoms with Gasteiger partial charge in [0.05, 0.1) is 11.0 Å². The first kappa shape index (κ1) is 14.3. The number of rotatable bonds is 5. The summed E-state index contributed by atoms with van der Waals surface area (Å²) in [5.74, 6) is 0.879. The maximum atomic E-state index is 6.29. The molecule has 1 aliphatic carbocycles. The van der Waals surface area contributed by atoms with Crippen molar-refractivity contribution in [2.45, 2.75) is 31.7 Å². The molecule has 3 nitrogen and oxygen atoms in total. The van der Waals surface area contributed by atoms with Gasteiger partial charge in [0.2, 0.25) is 0 Å². The molecule has 1 unspecified atom stereocenters. The first-order chi connectivity index (χ1) is 11.3. The average molecular weight is 303 g/mol. The number of pyridine rings is 2. The number of aromatic nitrogens is 2. The molecule has 1 saturated carbocycles. The van der Waals surface area contributed by atoms with Gasteiger partial charge in [0, 0.05) is 24.0 Å². The maximum Gasteiger partial charge on any atom is 0.0892 e. The number of hydrogen-bond acceptors (Lipinski definition) is 3. The quantitative estimate of drug-likeness (QED) is 0.776. The van der Waals surface area contributed by atoms with Crippen LogP contribution in [-0.2, 0) is 6.42 Å². The van der Waals surface area contributed by atoms with E-state index in [1.54, 1.807) is 6.20 Å². The van der Waals surface area contributed by atoms with Crippen LogP contribution in [0, 0.1) is 5.92 Å². The van der Waals surface area contributed by atoms with Crippen molar-refractivity contribution in [3.63, 3.8) is 0 Å². The van der Waals surface area contributed by atoms with Crippen LogP contribution in [0.3, 0.4) is 0 Å². The van der Waals surface area contributed by atoms with Crippen molar-refractivity contribution in [1.29, 1.82) is 0 Å². The lowest BCUT2D eigenvalue weighted by atomic mass is 9.98. The topological polar surface area (TPSA) is 51.8 Å². The summed E-state index contributed by atoms with van der Waals surface area (Å²) in [5, 5.41) is 0. The SMILES string of the molecule is NC(Cc1cccc(-c2cnc3cccnc3c2)c1)CC1CC1. The van der Waals surface area contributed by atoms with Gasteiger partial charge in [-0.2, -0.15) is 0 Å². The molecule has 23 heavy (non-hydrogen) atoms. The molecule has 0 saturated heterocycles. The summed E-state index contributed by atoms with van der Waals surface area (Å²) in [6.45, 7) is 0. The standard InChI is InChI=1S/C20H21N3/c21-18(10-14-6-7-14)11-15-3-1-4-16(9-15)17-12-20-19(23-13-17)5-2-8-22-20/h1-5,8-9,12-14,18H,6-7,10-11,21H2. The van der Waals surface area contributed by atoms with E-state index in [2.05, 4.69) is 40.3 Å². The van der Waals surface area contributed by atoms with E-state index in [0.29, 0.717) is 0 Å². The molecule has 0 aliphatic heterocycles. The molecule has 0 amide bonds. The molecule has 116 valence electrons. The molecule has 0 spiro atoms. The number of nitrogens with zero attached hydrogens (tertiary/aromatic N) is 2. The molecule has 2 N–H and O–H groups in total. The fourth-order valence-electron chi connectivity index (χ4n) is 3.16. The highest BCUT2D eigenvalue weighted by atomic mass is 14.7. The number of benzene rings is 1. The van der Waals surface area contributed by atoms with Gasteiger partial charge in [0.1, 0.15) is 0 Å². The summed E-state index contributed by atoms with van der Waals surface area (Å²) in [7, 11) is 0. The van der Waals surface area contributed by atoms with Crippen molar-refractivity contribution >= 4 is 11.0 Å². The van der Waals surface area contributed by atoms with Gasteiger partial charge in [-0.1, -0.05) is 37.1 Å². The van der Waals surface area contributed by atoms with Crippen LogP contribution in [0.1, 0.15) is 24.8 Å². The van der Waals surface area contributed by atoms with E-state index in [1.807, 2.05) is 18.3 Å². The molecule has 2 heterocycles. The lowest BCUT2D eigenvalue weighted by Crippen LogP contribution is -2.23. The highest BCUT2D eigenvalue weighted by molar-refractivity contribution is 5.79. The van der Waals surface area contributed by atoms with Gasteiger partial charge in [-0.3, -0.25) is 9.97 Å². The molecule has 0 bridgehead atoms. The van der Waals surface area contributed by atoms with Crippen LogP contribution >= 0.6 is 0 Å². The van der Waals surface area contributed by atoms with Gasteiger partial charge in [-0.15, -0.1) is 0 Å². The van der Waals surface area contributed by atoms with E-state index in [9.17, 15) is 0 Å². The van der Waals surface area contributed by atoms with Crippen molar-refractivity contribution in [3.8, 4) is 11.1 Å². The molecule has 1 atom stereocenters. The van der Waals surface area contributed by atoms with E-state index in [1.165, 1.54) is 24.0 Å². The lowest BCUT2D eigenvalue weighted by Gasteiger charge is -2.12. The van der Waals surface area contributed by atoms with Crippen molar-refractivity contribution in [1.82, 2.24) is 9.97 Å². The van der Waals surface area contributed by atoms with Gasteiger partial charge in [0.15, 0.2) is 0 Å². The Labute approximate surface area is 136 Å². The third-order valence-electron chi connectivity index (χ3n) is 4.54. The van der Waals surface area contributed by atoms with Crippen molar-refractivity contribution in [3.05, 3.63) is 60.4 Å². The molecular formula is C20H21N3. The van der Waals surface area contributed by atoms with E-state index in [4.69, 9.17) is 5.73 Å². The van der Waals surface area contributed by atoms with Gasteiger partial charge in [-0.05, 0) is 48.1 Å². The Morgan fingerprint density at radius 2 is 1.91 bits per heavy atom. The monoisotopic (exact) mass is 303 g/mol. The molecule has 4 rings (SSSR count). The third-order valence-corrected chi connectivity index (χ3v) is 4.54. The van der Waals surface area contributed by atoms with Gasteiger partial charge in [-0.25, -0.2) is 0 Å². The molecule has 1 aliphatic rings. The Morgan fingerprint density at radius 1 is 1.00 bits per heavy atom. The Kier molecular flexibility index (Phi) is 3.80. The summed E-state index contributed by atoms with van der Waals surface area (Å²) < 4.78 is 0. The lowest BCUT2D eigenvalue weighted by molar-refractivity contribution is 0.567. The molecule has 0 radical (unpaired) electrons. The predicted molar refractivity (Wildman–Crippen MR) is 94.0 cm³/mol. The zero-order valence-electron chi connectivity index (χ0n) is 13.2. The minimum Gasteiger partial charge on any atom is -0.327 e. The fourth-order valence-corrected chi connectivity index (χ4v) is 3.16. The van der Waals surface area contributed by atoms with Crippen LogP contribution in [0.2, 0.25) is 0 Å². The molecule has 2 aromatic heterocycles. The smallest absolute Gasteiger partial charge is 0.0892 e. The van der Waals surface area contributed by atoms with Gasteiger partial charge < -0.3 is 5.73 Å². The largest absolute Gasteiger partial charge is 0.327 e. The van der Waals surface area contributed by atoms with E-state index in [-0.39, 0.29) is 6.04 Å². The van der Waals surface area contributed by atoms with Crippen LogP contribution < -0.4 is 5.73 Å². The second kappa shape index (κ2) is 6.09. The summed E-state index contributed by atoms with van der Waals surface area (Å²) >= 11 is 0. The Bertz CT molecular complexity index is 824. The highest BCUT2D eigenvalue weighted by Gasteiger charge is 2.23. The zero-order valence-corrected chi connectivity index (χ0v) is 13.2. The number of fused-ring (bicyclic) bond motifs is 1. The van der Waals surface area contributed by atoms with Gasteiger partial charge >= 0.3 is 0 Å². The van der Waals surface area contributed by atoms with E-state index < -0.39 is 0 Å². The van der Waals surface area contributed by atoms with Crippen LogP contribution in [0.5, 0.6) is 0 Å². The minimum atomic E-state index is 0.272. The zero-order chi connectivity index (χ0) is 15.6. The first-order valence-corrected chi connectivity index (χ1v) is 8.33. The molecule has 1 fully saturated rings. The molecular weight excluding hydrogens is 282 g/mol. The maximum absolute atomic E-state index is 6.29. The van der Waals surface area contributed by atoms with Gasteiger partial charge in [0.25, 0.3) is 0 Å². The molecule has 1 aromatic carbocycles. The van der Waals surface area contributed by atoms with Crippen molar-refractivity contribution in [2.24, 2.45) is 11.7 Å². The Morgan fingerprint density at radius 3 is 2.78 bits per heavy atom. The second-order valence-corrected chi connectivity index (χ2v) is 6.61. The van der Waals surface area contributed by atoms with E-state index >= 15 is 0 Å². The summed E-state index contributed by atoms with van der Waals surface area (Å²) in [5.41, 5.74) is 11.7. The van der Waals surface area contributed by atoms with Crippen LogP contribution in [0.25, 0.3) is 22.2 Å². The van der Waals surface area contributed by atoms with Crippen LogP contribution in [0.15, 0.2) is 54.9 Å². The fraction of sp³-hybridized carbons (Fsp3) is 0.300. The van der Waals surface area contributed by atoms with Crippen molar-refractivity contribution < 1.29 is 0 Å². The predicted octanol–water partition coefficient (Wildman–Crippen LogP) is 3.97. The minimum absolute atomic E-state index is 0.272. The van der Waals surface area contributed by atoms with Crippen LogP contribution in [0.4, 0.5) is 0 Å². The highest BCUT2D eigenvalue weighted by Crippen LogP contribution is 2.33. The number of nitrogens with two attached hydrogens (primary N) is 1. The Balaban J connectivity index is 1.58. The van der Waals surface area contributed by atoms with Crippen molar-refractivity contribution in [2.75, 3.05) is 0 Å². The third kappa shape index (κ3) is 3.40. The summed E-state index contributed by atoms with van der Waals surface area (Å²) in [4.78, 5) is 8.90. The number of hydrogen-bond donors (Lipinski definition) is 1. The van der Waals surface area contributed by atoms with E-state index in [0.717, 1.165) is 35.4 Å². The summed E-state index contributed by atoms with van der Waals surface area (Å²) in [6.07, 6.45) is 8.57. The van der Waals surface area contributed by atoms with Crippen LogP contribution in [-0.4, -0.2) is 16.0 Å². The normalized spacial score (nSPS) is 15.7. The Hall–Kier alpha value is -2.26. The summed E-state index contributed by atoms with van der Waals surface area (Å²) in [6, 6.07) is 14.9. The molecule has 3 heteroatoms. The first-order valence-electron chi connectivity index (χ1n) is 8.33. The second-order valence-electron chi connectivity index (χ2n) is 6.61.